The number of esters is 2. The van der Waals surface area contributed by atoms with Gasteiger partial charge in [0.05, 0.1) is 14.2 Å². The zero-order valence-electron chi connectivity index (χ0n) is 16.3. The van der Waals surface area contributed by atoms with Gasteiger partial charge in [-0.05, 0) is 37.1 Å². The van der Waals surface area contributed by atoms with E-state index in [9.17, 15) is 9.59 Å². The summed E-state index contributed by atoms with van der Waals surface area (Å²) in [5, 5.41) is 0. The van der Waals surface area contributed by atoms with Gasteiger partial charge >= 0.3 is 11.9 Å². The highest BCUT2D eigenvalue weighted by atomic mass is 16.6. The summed E-state index contributed by atoms with van der Waals surface area (Å²) in [6.07, 6.45) is 3.73. The Labute approximate surface area is 165 Å². The fourth-order valence-electron chi connectivity index (χ4n) is 2.65. The second-order valence-electron chi connectivity index (χ2n) is 6.16. The topological polar surface area (TPSA) is 71.1 Å². The lowest BCUT2D eigenvalue weighted by Crippen LogP contribution is -2.09. The van der Waals surface area contributed by atoms with E-state index in [1.165, 1.54) is 14.2 Å². The van der Waals surface area contributed by atoms with Crippen LogP contribution in [-0.4, -0.2) is 26.2 Å². The van der Waals surface area contributed by atoms with Gasteiger partial charge in [0.2, 0.25) is 0 Å². The predicted octanol–water partition coefficient (Wildman–Crippen LogP) is 4.56. The van der Waals surface area contributed by atoms with E-state index in [1.54, 1.807) is 36.4 Å². The molecule has 2 rings (SSSR count). The normalized spacial score (nSPS) is 10.2. The molecule has 0 radical (unpaired) electrons. The summed E-state index contributed by atoms with van der Waals surface area (Å²) in [6.45, 7) is 0. The molecular weight excluding hydrogens is 360 g/mol. The van der Waals surface area contributed by atoms with Crippen molar-refractivity contribution in [1.82, 2.24) is 0 Å². The smallest absolute Gasteiger partial charge is 0.311 e. The average molecular weight is 386 g/mol. The van der Waals surface area contributed by atoms with Crippen LogP contribution in [0.4, 0.5) is 0 Å². The number of ether oxygens (including phenoxy) is 4. The maximum atomic E-state index is 11.9. The fraction of sp³-hybridized carbons (Fsp3) is 0.364. The highest BCUT2D eigenvalue weighted by molar-refractivity contribution is 5.73. The SMILES string of the molecule is COc1ccccc1OC(=O)CCCCCCC(=O)Oc1ccccc1OC. The Morgan fingerprint density at radius 2 is 0.964 bits per heavy atom. The molecule has 0 fully saturated rings. The van der Waals surface area contributed by atoms with Gasteiger partial charge in [0.25, 0.3) is 0 Å². The van der Waals surface area contributed by atoms with Crippen molar-refractivity contribution in [2.45, 2.75) is 38.5 Å². The number of unbranched alkanes of at least 4 members (excludes halogenated alkanes) is 3. The zero-order valence-corrected chi connectivity index (χ0v) is 16.3. The highest BCUT2D eigenvalue weighted by Gasteiger charge is 2.10. The quantitative estimate of drug-likeness (QED) is 0.320. The average Bonchev–Trinajstić information content (AvgIpc) is 2.71. The van der Waals surface area contributed by atoms with E-state index in [2.05, 4.69) is 0 Å². The first-order valence-corrected chi connectivity index (χ1v) is 9.31. The molecule has 0 spiro atoms. The Morgan fingerprint density at radius 3 is 1.32 bits per heavy atom. The van der Waals surface area contributed by atoms with E-state index in [0.717, 1.165) is 12.8 Å². The summed E-state index contributed by atoms with van der Waals surface area (Å²) in [5.41, 5.74) is 0. The molecule has 0 aromatic heterocycles. The first-order valence-electron chi connectivity index (χ1n) is 9.31. The van der Waals surface area contributed by atoms with E-state index in [1.807, 2.05) is 12.1 Å². The molecule has 0 bridgehead atoms. The number of benzene rings is 2. The molecule has 6 nitrogen and oxygen atoms in total. The third-order valence-corrected chi connectivity index (χ3v) is 4.10. The molecule has 0 aliphatic rings. The number of carbonyl (C=O) groups excluding carboxylic acids is 2. The van der Waals surface area contributed by atoms with E-state index in [4.69, 9.17) is 18.9 Å². The minimum Gasteiger partial charge on any atom is -0.493 e. The summed E-state index contributed by atoms with van der Waals surface area (Å²) >= 11 is 0. The Morgan fingerprint density at radius 1 is 0.607 bits per heavy atom. The van der Waals surface area contributed by atoms with Crippen LogP contribution >= 0.6 is 0 Å². The Hall–Kier alpha value is -3.02. The van der Waals surface area contributed by atoms with E-state index >= 15 is 0 Å². The van der Waals surface area contributed by atoms with Crippen molar-refractivity contribution in [1.29, 1.82) is 0 Å². The maximum Gasteiger partial charge on any atom is 0.311 e. The third-order valence-electron chi connectivity index (χ3n) is 4.10. The molecule has 6 heteroatoms. The Balaban J connectivity index is 1.60. The van der Waals surface area contributed by atoms with Crippen LogP contribution in [0.1, 0.15) is 38.5 Å². The lowest BCUT2D eigenvalue weighted by Gasteiger charge is -2.09. The summed E-state index contributed by atoms with van der Waals surface area (Å²) in [4.78, 5) is 23.8. The van der Waals surface area contributed by atoms with E-state index < -0.39 is 0 Å². The van der Waals surface area contributed by atoms with Crippen LogP contribution in [0.3, 0.4) is 0 Å². The number of hydrogen-bond donors (Lipinski definition) is 0. The van der Waals surface area contributed by atoms with Crippen molar-refractivity contribution < 1.29 is 28.5 Å². The van der Waals surface area contributed by atoms with Gasteiger partial charge in [-0.1, -0.05) is 37.1 Å². The fourth-order valence-corrected chi connectivity index (χ4v) is 2.65. The molecule has 0 N–H and O–H groups in total. The van der Waals surface area contributed by atoms with E-state index in [-0.39, 0.29) is 11.9 Å². The van der Waals surface area contributed by atoms with Gasteiger partial charge in [0.1, 0.15) is 0 Å². The molecule has 0 saturated heterocycles. The van der Waals surface area contributed by atoms with Crippen LogP contribution in [0.5, 0.6) is 23.0 Å². The summed E-state index contributed by atoms with van der Waals surface area (Å²) in [7, 11) is 3.07. The second kappa shape index (κ2) is 11.6. The van der Waals surface area contributed by atoms with Gasteiger partial charge in [-0.2, -0.15) is 0 Å². The second-order valence-corrected chi connectivity index (χ2v) is 6.16. The maximum absolute atomic E-state index is 11.9. The van der Waals surface area contributed by atoms with E-state index in [0.29, 0.717) is 48.7 Å². The standard InChI is InChI=1S/C22H26O6/c1-25-17-11-7-9-13-19(17)27-21(23)15-5-3-4-6-16-22(24)28-20-14-10-8-12-18(20)26-2/h7-14H,3-6,15-16H2,1-2H3. The van der Waals surface area contributed by atoms with Crippen molar-refractivity contribution in [2.75, 3.05) is 14.2 Å². The minimum absolute atomic E-state index is 0.292. The van der Waals surface area contributed by atoms with Gasteiger partial charge in [-0.3, -0.25) is 9.59 Å². The van der Waals surface area contributed by atoms with Crippen molar-refractivity contribution in [3.05, 3.63) is 48.5 Å². The molecule has 0 saturated carbocycles. The molecule has 0 unspecified atom stereocenters. The molecule has 150 valence electrons. The lowest BCUT2D eigenvalue weighted by molar-refractivity contribution is -0.135. The van der Waals surface area contributed by atoms with Gasteiger partial charge in [0, 0.05) is 12.8 Å². The molecule has 0 aliphatic heterocycles. The monoisotopic (exact) mass is 386 g/mol. The van der Waals surface area contributed by atoms with Crippen molar-refractivity contribution in [2.24, 2.45) is 0 Å². The minimum atomic E-state index is -0.292. The van der Waals surface area contributed by atoms with Crippen LogP contribution in [0.2, 0.25) is 0 Å². The van der Waals surface area contributed by atoms with Gasteiger partial charge in [-0.25, -0.2) is 0 Å². The summed E-state index contributed by atoms with van der Waals surface area (Å²) in [5.74, 6) is 1.33. The number of para-hydroxylation sites is 4. The molecule has 0 heterocycles. The highest BCUT2D eigenvalue weighted by Crippen LogP contribution is 2.27. The first-order chi connectivity index (χ1) is 13.6. The molecule has 28 heavy (non-hydrogen) atoms. The number of hydrogen-bond acceptors (Lipinski definition) is 6. The van der Waals surface area contributed by atoms with Gasteiger partial charge in [-0.15, -0.1) is 0 Å². The van der Waals surface area contributed by atoms with Crippen LogP contribution < -0.4 is 18.9 Å². The van der Waals surface area contributed by atoms with Crippen molar-refractivity contribution in [3.8, 4) is 23.0 Å². The van der Waals surface area contributed by atoms with Crippen LogP contribution in [0.15, 0.2) is 48.5 Å². The molecule has 2 aromatic carbocycles. The zero-order chi connectivity index (χ0) is 20.2. The Bertz CT molecular complexity index is 706. The lowest BCUT2D eigenvalue weighted by atomic mass is 10.1. The van der Waals surface area contributed by atoms with Crippen LogP contribution in [0, 0.1) is 0 Å². The first kappa shape index (κ1) is 21.3. The number of methoxy groups -OCH3 is 2. The third kappa shape index (κ3) is 6.95. The number of rotatable bonds is 11. The summed E-state index contributed by atoms with van der Waals surface area (Å²) < 4.78 is 20.9. The summed E-state index contributed by atoms with van der Waals surface area (Å²) in [6, 6.07) is 14.1. The number of carbonyl (C=O) groups is 2. The van der Waals surface area contributed by atoms with Gasteiger partial charge in [0.15, 0.2) is 23.0 Å². The van der Waals surface area contributed by atoms with Crippen molar-refractivity contribution in [3.63, 3.8) is 0 Å². The van der Waals surface area contributed by atoms with Gasteiger partial charge < -0.3 is 18.9 Å². The molecule has 0 amide bonds. The van der Waals surface area contributed by atoms with Crippen LogP contribution in [0.25, 0.3) is 0 Å². The Kier molecular flexibility index (Phi) is 8.85. The predicted molar refractivity (Wildman–Crippen MR) is 105 cm³/mol. The molecule has 2 aromatic rings. The molecule has 0 aliphatic carbocycles. The molecular formula is C22H26O6. The van der Waals surface area contributed by atoms with Crippen LogP contribution in [-0.2, 0) is 9.59 Å². The largest absolute Gasteiger partial charge is 0.493 e. The van der Waals surface area contributed by atoms with Crippen molar-refractivity contribution >= 4 is 11.9 Å². The molecule has 0 atom stereocenters.